The van der Waals surface area contributed by atoms with E-state index in [-0.39, 0.29) is 0 Å². The van der Waals surface area contributed by atoms with Crippen LogP contribution < -0.4 is 0 Å². The van der Waals surface area contributed by atoms with Gasteiger partial charge in [0.1, 0.15) is 0 Å². The van der Waals surface area contributed by atoms with E-state index in [0.717, 1.165) is 23.2 Å². The van der Waals surface area contributed by atoms with Crippen molar-refractivity contribution in [3.63, 3.8) is 0 Å². The molecule has 4 aliphatic carbocycles. The van der Waals surface area contributed by atoms with Crippen molar-refractivity contribution in [2.24, 2.45) is 28.6 Å². The maximum atomic E-state index is 2.63. The molecule has 4 fully saturated rings. The van der Waals surface area contributed by atoms with Crippen molar-refractivity contribution >= 4 is 0 Å². The highest BCUT2D eigenvalue weighted by Gasteiger charge is 2.61. The minimum atomic E-state index is 0.714. The molecule has 0 nitrogen and oxygen atoms in total. The molecule has 4 bridgehead atoms. The first kappa shape index (κ1) is 10.2. The molecular formula is C15H26. The quantitative estimate of drug-likeness (QED) is 0.617. The van der Waals surface area contributed by atoms with Crippen molar-refractivity contribution in [3.8, 4) is 0 Å². The summed E-state index contributed by atoms with van der Waals surface area (Å²) in [6.45, 7) is 7.54. The van der Waals surface area contributed by atoms with Gasteiger partial charge in [-0.25, -0.2) is 0 Å². The van der Waals surface area contributed by atoms with Crippen molar-refractivity contribution in [1.82, 2.24) is 0 Å². The van der Waals surface area contributed by atoms with E-state index < -0.39 is 0 Å². The summed E-state index contributed by atoms with van der Waals surface area (Å²) in [5.74, 6) is 3.31. The molecule has 0 saturated heterocycles. The van der Waals surface area contributed by atoms with Crippen LogP contribution in [0.2, 0.25) is 0 Å². The summed E-state index contributed by atoms with van der Waals surface area (Å²) in [7, 11) is 0. The maximum Gasteiger partial charge on any atom is -0.0220 e. The van der Waals surface area contributed by atoms with Crippen molar-refractivity contribution in [2.45, 2.75) is 65.7 Å². The lowest BCUT2D eigenvalue weighted by molar-refractivity contribution is -0.172. The van der Waals surface area contributed by atoms with Crippen LogP contribution in [0.25, 0.3) is 0 Å². The molecule has 0 heterocycles. The molecular weight excluding hydrogens is 180 g/mol. The summed E-state index contributed by atoms with van der Waals surface area (Å²) in [4.78, 5) is 0. The summed E-state index contributed by atoms with van der Waals surface area (Å²) in [6.07, 6.45) is 10.7. The fourth-order valence-electron chi connectivity index (χ4n) is 6.29. The van der Waals surface area contributed by atoms with Gasteiger partial charge in [0.25, 0.3) is 0 Å². The van der Waals surface area contributed by atoms with Crippen LogP contribution in [0.3, 0.4) is 0 Å². The second-order valence-electron chi connectivity index (χ2n) is 6.97. The maximum absolute atomic E-state index is 2.63. The Hall–Kier alpha value is 0. The molecule has 0 amide bonds. The predicted octanol–water partition coefficient (Wildman–Crippen LogP) is 4.64. The van der Waals surface area contributed by atoms with Gasteiger partial charge in [0.05, 0.1) is 0 Å². The highest BCUT2D eigenvalue weighted by Crippen LogP contribution is 2.70. The Kier molecular flexibility index (Phi) is 2.05. The highest BCUT2D eigenvalue weighted by molar-refractivity contribution is 5.10. The molecule has 0 spiro atoms. The topological polar surface area (TPSA) is 0 Å². The van der Waals surface area contributed by atoms with Gasteiger partial charge >= 0.3 is 0 Å². The third-order valence-electron chi connectivity index (χ3n) is 6.63. The monoisotopic (exact) mass is 206 g/mol. The third-order valence-corrected chi connectivity index (χ3v) is 6.63. The molecule has 0 radical (unpaired) electrons. The number of hydrogen-bond donors (Lipinski definition) is 0. The molecule has 86 valence electrons. The summed E-state index contributed by atoms with van der Waals surface area (Å²) >= 11 is 0. The number of rotatable bonds is 2. The first-order chi connectivity index (χ1) is 7.13. The van der Waals surface area contributed by atoms with Crippen molar-refractivity contribution in [1.29, 1.82) is 0 Å². The summed E-state index contributed by atoms with van der Waals surface area (Å²) in [5.41, 5.74) is 1.44. The highest BCUT2D eigenvalue weighted by atomic mass is 14.7. The minimum Gasteiger partial charge on any atom is -0.0648 e. The smallest absolute Gasteiger partial charge is 0.0220 e. The van der Waals surface area contributed by atoms with Crippen molar-refractivity contribution in [2.75, 3.05) is 0 Å². The second-order valence-corrected chi connectivity index (χ2v) is 6.97. The summed E-state index contributed by atoms with van der Waals surface area (Å²) in [6, 6.07) is 0. The van der Waals surface area contributed by atoms with Gasteiger partial charge < -0.3 is 0 Å². The Bertz CT molecular complexity index is 247. The summed E-state index contributed by atoms with van der Waals surface area (Å²) < 4.78 is 0. The Labute approximate surface area is 94.8 Å². The van der Waals surface area contributed by atoms with Crippen LogP contribution in [0.5, 0.6) is 0 Å². The Balaban J connectivity index is 2.02. The largest absolute Gasteiger partial charge is 0.0648 e. The van der Waals surface area contributed by atoms with E-state index in [1.165, 1.54) is 12.8 Å². The molecule has 2 unspecified atom stereocenters. The molecule has 4 aliphatic rings. The van der Waals surface area contributed by atoms with Crippen LogP contribution >= 0.6 is 0 Å². The standard InChI is InChI=1S/C15H26/c1-4-15(5-2)13-7-11-6-12(8-13)10-14(15,3)9-11/h11-13H,4-10H2,1-3H3. The van der Waals surface area contributed by atoms with E-state index in [2.05, 4.69) is 20.8 Å². The lowest BCUT2D eigenvalue weighted by Gasteiger charge is -2.67. The van der Waals surface area contributed by atoms with Gasteiger partial charge in [-0.3, -0.25) is 0 Å². The predicted molar refractivity (Wildman–Crippen MR) is 64.7 cm³/mol. The fourth-order valence-corrected chi connectivity index (χ4v) is 6.29. The lowest BCUT2D eigenvalue weighted by Crippen LogP contribution is -2.58. The average molecular weight is 206 g/mol. The first-order valence-corrected chi connectivity index (χ1v) is 7.13. The van der Waals surface area contributed by atoms with Gasteiger partial charge in [0, 0.05) is 0 Å². The van der Waals surface area contributed by atoms with Gasteiger partial charge in [-0.05, 0) is 73.5 Å². The van der Waals surface area contributed by atoms with Crippen LogP contribution in [0, 0.1) is 28.6 Å². The zero-order valence-corrected chi connectivity index (χ0v) is 10.7. The van der Waals surface area contributed by atoms with Crippen LogP contribution in [0.4, 0.5) is 0 Å². The molecule has 0 aromatic heterocycles. The molecule has 0 heteroatoms. The van der Waals surface area contributed by atoms with Crippen LogP contribution in [0.1, 0.15) is 65.7 Å². The van der Waals surface area contributed by atoms with Crippen LogP contribution in [-0.2, 0) is 0 Å². The number of hydrogen-bond acceptors (Lipinski definition) is 0. The van der Waals surface area contributed by atoms with E-state index in [0.29, 0.717) is 5.41 Å². The van der Waals surface area contributed by atoms with E-state index in [1.807, 2.05) is 0 Å². The lowest BCUT2D eigenvalue weighted by atomic mass is 9.38. The molecule has 0 N–H and O–H groups in total. The zero-order valence-electron chi connectivity index (χ0n) is 10.7. The van der Waals surface area contributed by atoms with E-state index in [9.17, 15) is 0 Å². The molecule has 2 atom stereocenters. The molecule has 0 aromatic carbocycles. The van der Waals surface area contributed by atoms with Crippen LogP contribution in [0.15, 0.2) is 0 Å². The Morgan fingerprint density at radius 2 is 1.47 bits per heavy atom. The Morgan fingerprint density at radius 1 is 0.933 bits per heavy atom. The SMILES string of the molecule is CCC1(CC)C2CC3CC(C2)CC1(C)C3. The zero-order chi connectivity index (χ0) is 10.7. The molecule has 4 rings (SSSR count). The minimum absolute atomic E-state index is 0.714. The van der Waals surface area contributed by atoms with Crippen molar-refractivity contribution < 1.29 is 0 Å². The van der Waals surface area contributed by atoms with Gasteiger partial charge in [0.2, 0.25) is 0 Å². The van der Waals surface area contributed by atoms with Gasteiger partial charge in [0.15, 0.2) is 0 Å². The van der Waals surface area contributed by atoms with Crippen molar-refractivity contribution in [3.05, 3.63) is 0 Å². The first-order valence-electron chi connectivity index (χ1n) is 7.13. The van der Waals surface area contributed by atoms with Gasteiger partial charge in [-0.1, -0.05) is 20.8 Å². The Morgan fingerprint density at radius 3 is 1.87 bits per heavy atom. The van der Waals surface area contributed by atoms with Gasteiger partial charge in [-0.2, -0.15) is 0 Å². The normalized spacial score (nSPS) is 51.0. The summed E-state index contributed by atoms with van der Waals surface area (Å²) in [5, 5.41) is 0. The molecule has 4 saturated carbocycles. The molecule has 0 aliphatic heterocycles. The van der Waals surface area contributed by atoms with E-state index >= 15 is 0 Å². The average Bonchev–Trinajstić information content (AvgIpc) is 2.16. The third kappa shape index (κ3) is 1.09. The van der Waals surface area contributed by atoms with E-state index in [4.69, 9.17) is 0 Å². The molecule has 0 aromatic rings. The molecule has 15 heavy (non-hydrogen) atoms. The fraction of sp³-hybridized carbons (Fsp3) is 1.00. The second kappa shape index (κ2) is 3.02. The van der Waals surface area contributed by atoms with Gasteiger partial charge in [-0.15, -0.1) is 0 Å². The van der Waals surface area contributed by atoms with E-state index in [1.54, 1.807) is 32.1 Å². The van der Waals surface area contributed by atoms with Crippen LogP contribution in [-0.4, -0.2) is 0 Å².